The molecule has 0 aliphatic heterocycles. The first-order valence-corrected chi connectivity index (χ1v) is 9.98. The van der Waals surface area contributed by atoms with Crippen LogP contribution < -0.4 is 5.69 Å². The SMILES string of the molecule is Cc1ccc(-n2c(-c3ccccc3)c(Cl)c(C3CCCCC3)nc2=O)cc1. The maximum absolute atomic E-state index is 13.1. The fourth-order valence-corrected chi connectivity index (χ4v) is 4.34. The molecule has 1 fully saturated rings. The van der Waals surface area contributed by atoms with Gasteiger partial charge in [0.2, 0.25) is 0 Å². The molecule has 0 radical (unpaired) electrons. The molecule has 4 rings (SSSR count). The van der Waals surface area contributed by atoms with Crippen LogP contribution in [0.25, 0.3) is 16.9 Å². The summed E-state index contributed by atoms with van der Waals surface area (Å²) in [4.78, 5) is 17.6. The Morgan fingerprint density at radius 1 is 0.963 bits per heavy atom. The van der Waals surface area contributed by atoms with Crippen LogP contribution in [-0.4, -0.2) is 9.55 Å². The molecule has 0 saturated heterocycles. The number of aromatic nitrogens is 2. The topological polar surface area (TPSA) is 34.9 Å². The van der Waals surface area contributed by atoms with Gasteiger partial charge in [0.05, 0.1) is 22.1 Å². The van der Waals surface area contributed by atoms with Crippen LogP contribution in [0.1, 0.15) is 49.3 Å². The second kappa shape index (κ2) is 7.69. The van der Waals surface area contributed by atoms with E-state index in [1.165, 1.54) is 19.3 Å². The molecule has 2 aromatic carbocycles. The zero-order chi connectivity index (χ0) is 18.8. The van der Waals surface area contributed by atoms with Gasteiger partial charge in [0.25, 0.3) is 0 Å². The normalized spacial score (nSPS) is 15.0. The van der Waals surface area contributed by atoms with E-state index in [2.05, 4.69) is 4.98 Å². The Balaban J connectivity index is 1.97. The molecule has 0 unspecified atom stereocenters. The van der Waals surface area contributed by atoms with Crippen LogP contribution in [0.5, 0.6) is 0 Å². The van der Waals surface area contributed by atoms with Crippen molar-refractivity contribution in [2.45, 2.75) is 44.9 Å². The van der Waals surface area contributed by atoms with E-state index in [1.54, 1.807) is 4.57 Å². The summed E-state index contributed by atoms with van der Waals surface area (Å²) < 4.78 is 1.64. The summed E-state index contributed by atoms with van der Waals surface area (Å²) in [5.74, 6) is 0.272. The van der Waals surface area contributed by atoms with Gasteiger partial charge in [-0.2, -0.15) is 4.98 Å². The highest BCUT2D eigenvalue weighted by atomic mass is 35.5. The fraction of sp³-hybridized carbons (Fsp3) is 0.304. The average molecular weight is 379 g/mol. The molecule has 1 saturated carbocycles. The molecule has 3 aromatic rings. The highest BCUT2D eigenvalue weighted by molar-refractivity contribution is 6.33. The molecule has 1 heterocycles. The number of benzene rings is 2. The van der Waals surface area contributed by atoms with E-state index in [0.29, 0.717) is 5.02 Å². The molecule has 0 spiro atoms. The summed E-state index contributed by atoms with van der Waals surface area (Å²) in [6, 6.07) is 17.8. The molecule has 1 aliphatic rings. The van der Waals surface area contributed by atoms with Gasteiger partial charge in [0.15, 0.2) is 0 Å². The fourth-order valence-electron chi connectivity index (χ4n) is 3.95. The van der Waals surface area contributed by atoms with E-state index in [1.807, 2.05) is 61.5 Å². The summed E-state index contributed by atoms with van der Waals surface area (Å²) in [7, 11) is 0. The summed E-state index contributed by atoms with van der Waals surface area (Å²) in [5.41, 5.74) is 4.10. The summed E-state index contributed by atoms with van der Waals surface area (Å²) in [6.07, 6.45) is 5.69. The lowest BCUT2D eigenvalue weighted by Gasteiger charge is -2.24. The Hall–Kier alpha value is -2.39. The Labute approximate surface area is 164 Å². The van der Waals surface area contributed by atoms with Gasteiger partial charge >= 0.3 is 5.69 Å². The number of hydrogen-bond donors (Lipinski definition) is 0. The molecule has 1 aromatic heterocycles. The maximum atomic E-state index is 13.1. The monoisotopic (exact) mass is 378 g/mol. The number of hydrogen-bond acceptors (Lipinski definition) is 2. The predicted molar refractivity (Wildman–Crippen MR) is 111 cm³/mol. The van der Waals surface area contributed by atoms with Crippen molar-refractivity contribution in [2.24, 2.45) is 0 Å². The predicted octanol–water partition coefficient (Wildman–Crippen LogP) is 5.91. The second-order valence-corrected chi connectivity index (χ2v) is 7.69. The zero-order valence-corrected chi connectivity index (χ0v) is 16.2. The van der Waals surface area contributed by atoms with Gasteiger partial charge in [-0.15, -0.1) is 0 Å². The first-order valence-electron chi connectivity index (χ1n) is 9.60. The third-order valence-corrected chi connectivity index (χ3v) is 5.77. The largest absolute Gasteiger partial charge is 0.352 e. The standard InChI is InChI=1S/C23H23ClN2O/c1-16-12-14-19(15-13-16)26-22(18-10-6-3-7-11-18)20(24)21(25-23(26)27)17-8-4-2-5-9-17/h3,6-7,10-15,17H,2,4-5,8-9H2,1H3. The van der Waals surface area contributed by atoms with Gasteiger partial charge in [-0.3, -0.25) is 4.57 Å². The summed E-state index contributed by atoms with van der Waals surface area (Å²) >= 11 is 6.91. The lowest BCUT2D eigenvalue weighted by molar-refractivity contribution is 0.435. The molecule has 0 bridgehead atoms. The van der Waals surface area contributed by atoms with Gasteiger partial charge in [-0.05, 0) is 31.9 Å². The smallest absolute Gasteiger partial charge is 0.259 e. The Bertz CT molecular complexity index is 987. The van der Waals surface area contributed by atoms with Gasteiger partial charge in [-0.25, -0.2) is 4.79 Å². The quantitative estimate of drug-likeness (QED) is 0.567. The number of nitrogens with zero attached hydrogens (tertiary/aromatic N) is 2. The molecule has 27 heavy (non-hydrogen) atoms. The van der Waals surface area contributed by atoms with Crippen molar-refractivity contribution in [1.82, 2.24) is 9.55 Å². The van der Waals surface area contributed by atoms with Crippen LogP contribution in [0, 0.1) is 6.92 Å². The van der Waals surface area contributed by atoms with Crippen molar-refractivity contribution in [3.05, 3.63) is 81.4 Å². The molecule has 0 amide bonds. The lowest BCUT2D eigenvalue weighted by atomic mass is 9.86. The van der Waals surface area contributed by atoms with Crippen LogP contribution in [-0.2, 0) is 0 Å². The van der Waals surface area contributed by atoms with Crippen LogP contribution in [0.15, 0.2) is 59.4 Å². The van der Waals surface area contributed by atoms with Crippen LogP contribution in [0.4, 0.5) is 0 Å². The molecular weight excluding hydrogens is 356 g/mol. The number of rotatable bonds is 3. The maximum Gasteiger partial charge on any atom is 0.352 e. The highest BCUT2D eigenvalue weighted by Crippen LogP contribution is 2.39. The van der Waals surface area contributed by atoms with Crippen LogP contribution >= 0.6 is 11.6 Å². The molecule has 4 heteroatoms. The van der Waals surface area contributed by atoms with Gasteiger partial charge in [0.1, 0.15) is 0 Å². The first-order chi connectivity index (χ1) is 13.1. The van der Waals surface area contributed by atoms with Crippen molar-refractivity contribution >= 4 is 11.6 Å². The Morgan fingerprint density at radius 3 is 2.30 bits per heavy atom. The van der Waals surface area contributed by atoms with Crippen molar-refractivity contribution < 1.29 is 0 Å². The van der Waals surface area contributed by atoms with Crippen molar-refractivity contribution in [3.63, 3.8) is 0 Å². The Morgan fingerprint density at radius 2 is 1.63 bits per heavy atom. The van der Waals surface area contributed by atoms with E-state index >= 15 is 0 Å². The molecule has 0 N–H and O–H groups in total. The lowest BCUT2D eigenvalue weighted by Crippen LogP contribution is -2.26. The van der Waals surface area contributed by atoms with E-state index in [0.717, 1.165) is 41.0 Å². The van der Waals surface area contributed by atoms with Gasteiger partial charge in [-0.1, -0.05) is 78.9 Å². The second-order valence-electron chi connectivity index (χ2n) is 7.31. The van der Waals surface area contributed by atoms with E-state index < -0.39 is 0 Å². The van der Waals surface area contributed by atoms with E-state index in [-0.39, 0.29) is 11.6 Å². The van der Waals surface area contributed by atoms with Crippen LogP contribution in [0.2, 0.25) is 5.02 Å². The van der Waals surface area contributed by atoms with Gasteiger partial charge < -0.3 is 0 Å². The molecule has 138 valence electrons. The zero-order valence-electron chi connectivity index (χ0n) is 15.5. The molecular formula is C23H23ClN2O. The third-order valence-electron chi connectivity index (χ3n) is 5.40. The van der Waals surface area contributed by atoms with E-state index in [9.17, 15) is 4.79 Å². The number of aryl methyl sites for hydroxylation is 1. The highest BCUT2D eigenvalue weighted by Gasteiger charge is 2.25. The molecule has 0 atom stereocenters. The average Bonchev–Trinajstić information content (AvgIpc) is 2.71. The summed E-state index contributed by atoms with van der Waals surface area (Å²) in [6.45, 7) is 2.03. The van der Waals surface area contributed by atoms with E-state index in [4.69, 9.17) is 11.6 Å². The van der Waals surface area contributed by atoms with Crippen molar-refractivity contribution in [2.75, 3.05) is 0 Å². The minimum Gasteiger partial charge on any atom is -0.259 e. The minimum absolute atomic E-state index is 0.261. The van der Waals surface area contributed by atoms with Crippen molar-refractivity contribution in [1.29, 1.82) is 0 Å². The third kappa shape index (κ3) is 3.57. The number of halogens is 1. The van der Waals surface area contributed by atoms with Crippen LogP contribution in [0.3, 0.4) is 0 Å². The van der Waals surface area contributed by atoms with Crippen molar-refractivity contribution in [3.8, 4) is 16.9 Å². The Kier molecular flexibility index (Phi) is 5.13. The first kappa shape index (κ1) is 18.0. The van der Waals surface area contributed by atoms with Gasteiger partial charge in [0, 0.05) is 11.5 Å². The molecule has 3 nitrogen and oxygen atoms in total. The molecule has 1 aliphatic carbocycles. The summed E-state index contributed by atoms with van der Waals surface area (Å²) in [5, 5.41) is 0.605. The minimum atomic E-state index is -0.261.